The third-order valence-corrected chi connectivity index (χ3v) is 4.93. The second-order valence-electron chi connectivity index (χ2n) is 7.30. The molecule has 138 valence electrons. The first-order valence-electron chi connectivity index (χ1n) is 9.51. The molecule has 0 radical (unpaired) electrons. The molecule has 1 aliphatic heterocycles. The molecular formula is C21H28N4O. The summed E-state index contributed by atoms with van der Waals surface area (Å²) in [6, 6.07) is 8.96. The van der Waals surface area contributed by atoms with Crippen LogP contribution < -0.4 is 5.32 Å². The maximum atomic E-state index is 12.5. The fraction of sp³-hybridized carbons (Fsp3) is 0.476. The molecule has 3 rings (SSSR count). The molecule has 1 atom stereocenters. The molecule has 1 saturated heterocycles. The molecule has 5 nitrogen and oxygen atoms in total. The van der Waals surface area contributed by atoms with Gasteiger partial charge in [-0.15, -0.1) is 0 Å². The molecule has 0 aliphatic carbocycles. The average Bonchev–Trinajstić information content (AvgIpc) is 2.67. The second-order valence-corrected chi connectivity index (χ2v) is 7.30. The summed E-state index contributed by atoms with van der Waals surface area (Å²) >= 11 is 0. The predicted molar refractivity (Wildman–Crippen MR) is 104 cm³/mol. The van der Waals surface area contributed by atoms with E-state index in [2.05, 4.69) is 53.4 Å². The molecule has 2 heterocycles. The van der Waals surface area contributed by atoms with Gasteiger partial charge in [-0.2, -0.15) is 0 Å². The van der Waals surface area contributed by atoms with Gasteiger partial charge >= 0.3 is 0 Å². The standard InChI is InChI=1S/C21H28N4O/c1-16(2)17-5-7-18(8-6-17)24-20-4-3-13-25(15-20)21(26)10-9-19-14-22-11-12-23-19/h5-8,11-12,14,16,20,24H,3-4,9-10,13,15H2,1-2H3/t20-/m0/s1. The predicted octanol–water partition coefficient (Wildman–Crippen LogP) is 3.64. The molecule has 0 saturated carbocycles. The minimum absolute atomic E-state index is 0.206. The number of likely N-dealkylation sites (tertiary alicyclic amines) is 1. The van der Waals surface area contributed by atoms with Crippen molar-refractivity contribution in [1.29, 1.82) is 0 Å². The number of hydrogen-bond donors (Lipinski definition) is 1. The Morgan fingerprint density at radius 3 is 2.77 bits per heavy atom. The van der Waals surface area contributed by atoms with Crippen LogP contribution in [0.15, 0.2) is 42.9 Å². The Bertz CT molecular complexity index is 700. The van der Waals surface area contributed by atoms with Crippen molar-refractivity contribution in [3.05, 3.63) is 54.1 Å². The third kappa shape index (κ3) is 5.04. The number of carbonyl (C=O) groups is 1. The lowest BCUT2D eigenvalue weighted by molar-refractivity contribution is -0.132. The molecule has 1 aliphatic rings. The lowest BCUT2D eigenvalue weighted by Gasteiger charge is -2.34. The van der Waals surface area contributed by atoms with Gasteiger partial charge in [0.25, 0.3) is 0 Å². The van der Waals surface area contributed by atoms with Crippen LogP contribution in [-0.4, -0.2) is 39.9 Å². The summed E-state index contributed by atoms with van der Waals surface area (Å²) in [4.78, 5) is 22.8. The molecule has 5 heteroatoms. The lowest BCUT2D eigenvalue weighted by Crippen LogP contribution is -2.45. The Hall–Kier alpha value is -2.43. The summed E-state index contributed by atoms with van der Waals surface area (Å²) in [5.41, 5.74) is 3.35. The van der Waals surface area contributed by atoms with E-state index >= 15 is 0 Å². The number of hydrogen-bond acceptors (Lipinski definition) is 4. The highest BCUT2D eigenvalue weighted by atomic mass is 16.2. The van der Waals surface area contributed by atoms with Gasteiger partial charge in [0.05, 0.1) is 5.69 Å². The minimum Gasteiger partial charge on any atom is -0.381 e. The van der Waals surface area contributed by atoms with Crippen molar-refractivity contribution >= 4 is 11.6 Å². The van der Waals surface area contributed by atoms with Gasteiger partial charge in [-0.05, 0) is 42.9 Å². The van der Waals surface area contributed by atoms with Crippen LogP contribution in [0.2, 0.25) is 0 Å². The average molecular weight is 352 g/mol. The Kier molecular flexibility index (Phi) is 6.21. The normalized spacial score (nSPS) is 17.3. The number of amides is 1. The van der Waals surface area contributed by atoms with E-state index in [1.807, 2.05) is 4.90 Å². The van der Waals surface area contributed by atoms with E-state index in [0.29, 0.717) is 24.8 Å². The van der Waals surface area contributed by atoms with Crippen molar-refractivity contribution in [3.8, 4) is 0 Å². The van der Waals surface area contributed by atoms with Crippen molar-refractivity contribution in [2.24, 2.45) is 0 Å². The third-order valence-electron chi connectivity index (χ3n) is 4.93. The first-order valence-corrected chi connectivity index (χ1v) is 9.51. The second kappa shape index (κ2) is 8.79. The van der Waals surface area contributed by atoms with E-state index in [1.54, 1.807) is 18.6 Å². The maximum Gasteiger partial charge on any atom is 0.223 e. The zero-order chi connectivity index (χ0) is 18.4. The molecule has 1 aromatic heterocycles. The molecule has 1 amide bonds. The Morgan fingerprint density at radius 1 is 1.27 bits per heavy atom. The van der Waals surface area contributed by atoms with Crippen molar-refractivity contribution in [3.63, 3.8) is 0 Å². The molecule has 2 aromatic rings. The van der Waals surface area contributed by atoms with E-state index in [9.17, 15) is 4.79 Å². The van der Waals surface area contributed by atoms with Crippen molar-refractivity contribution in [1.82, 2.24) is 14.9 Å². The van der Waals surface area contributed by atoms with Gasteiger partial charge in [0.1, 0.15) is 0 Å². The first kappa shape index (κ1) is 18.4. The van der Waals surface area contributed by atoms with E-state index in [4.69, 9.17) is 0 Å². The number of aryl methyl sites for hydroxylation is 1. The molecule has 1 N–H and O–H groups in total. The summed E-state index contributed by atoms with van der Waals surface area (Å²) in [7, 11) is 0. The number of aromatic nitrogens is 2. The van der Waals surface area contributed by atoms with E-state index < -0.39 is 0 Å². The quantitative estimate of drug-likeness (QED) is 0.862. The number of nitrogens with zero attached hydrogens (tertiary/aromatic N) is 3. The van der Waals surface area contributed by atoms with Crippen molar-refractivity contribution < 1.29 is 4.79 Å². The molecular weight excluding hydrogens is 324 g/mol. The lowest BCUT2D eigenvalue weighted by atomic mass is 10.0. The first-order chi connectivity index (χ1) is 12.6. The van der Waals surface area contributed by atoms with E-state index in [0.717, 1.165) is 37.3 Å². The summed E-state index contributed by atoms with van der Waals surface area (Å²) in [5.74, 6) is 0.749. The highest BCUT2D eigenvalue weighted by molar-refractivity contribution is 5.76. The van der Waals surface area contributed by atoms with Crippen LogP contribution in [0.4, 0.5) is 5.69 Å². The SMILES string of the molecule is CC(C)c1ccc(N[C@H]2CCCN(C(=O)CCc3cnccn3)C2)cc1. The van der Waals surface area contributed by atoms with Gasteiger partial charge in [-0.1, -0.05) is 26.0 Å². The smallest absolute Gasteiger partial charge is 0.223 e. The van der Waals surface area contributed by atoms with Crippen LogP contribution in [0, 0.1) is 0 Å². The number of anilines is 1. The fourth-order valence-electron chi connectivity index (χ4n) is 3.37. The van der Waals surface area contributed by atoms with Crippen LogP contribution in [-0.2, 0) is 11.2 Å². The highest BCUT2D eigenvalue weighted by Gasteiger charge is 2.23. The maximum absolute atomic E-state index is 12.5. The van der Waals surface area contributed by atoms with Gasteiger partial charge in [0, 0.05) is 49.8 Å². The van der Waals surface area contributed by atoms with Gasteiger partial charge < -0.3 is 10.2 Å². The summed E-state index contributed by atoms with van der Waals surface area (Å²) in [5, 5.41) is 3.59. The van der Waals surface area contributed by atoms with Crippen LogP contribution in [0.25, 0.3) is 0 Å². The molecule has 1 fully saturated rings. The molecule has 1 aromatic carbocycles. The van der Waals surface area contributed by atoms with E-state index in [1.165, 1.54) is 5.56 Å². The van der Waals surface area contributed by atoms with Crippen molar-refractivity contribution in [2.75, 3.05) is 18.4 Å². The number of nitrogens with one attached hydrogen (secondary N) is 1. The van der Waals surface area contributed by atoms with Crippen LogP contribution in [0.5, 0.6) is 0 Å². The number of piperidine rings is 1. The number of carbonyl (C=O) groups excluding carboxylic acids is 1. The molecule has 26 heavy (non-hydrogen) atoms. The van der Waals surface area contributed by atoms with Gasteiger partial charge in [-0.25, -0.2) is 0 Å². The van der Waals surface area contributed by atoms with Crippen LogP contribution in [0.3, 0.4) is 0 Å². The monoisotopic (exact) mass is 352 g/mol. The minimum atomic E-state index is 0.206. The topological polar surface area (TPSA) is 58.1 Å². The zero-order valence-electron chi connectivity index (χ0n) is 15.7. The van der Waals surface area contributed by atoms with E-state index in [-0.39, 0.29) is 5.91 Å². The highest BCUT2D eigenvalue weighted by Crippen LogP contribution is 2.20. The molecule has 0 unspecified atom stereocenters. The summed E-state index contributed by atoms with van der Waals surface area (Å²) in [6.45, 7) is 6.02. The van der Waals surface area contributed by atoms with Crippen LogP contribution >= 0.6 is 0 Å². The Labute approximate surface area is 155 Å². The Balaban J connectivity index is 1.51. The summed E-state index contributed by atoms with van der Waals surface area (Å²) < 4.78 is 0. The number of benzene rings is 1. The molecule has 0 spiro atoms. The summed E-state index contributed by atoms with van der Waals surface area (Å²) in [6.07, 6.45) is 8.34. The zero-order valence-corrected chi connectivity index (χ0v) is 15.7. The molecule has 0 bridgehead atoms. The van der Waals surface area contributed by atoms with Crippen LogP contribution in [0.1, 0.15) is 50.3 Å². The Morgan fingerprint density at radius 2 is 2.08 bits per heavy atom. The van der Waals surface area contributed by atoms with Gasteiger partial charge in [-0.3, -0.25) is 14.8 Å². The van der Waals surface area contributed by atoms with Gasteiger partial charge in [0.15, 0.2) is 0 Å². The largest absolute Gasteiger partial charge is 0.381 e. The number of rotatable bonds is 6. The van der Waals surface area contributed by atoms with Gasteiger partial charge in [0.2, 0.25) is 5.91 Å². The van der Waals surface area contributed by atoms with Crippen molar-refractivity contribution in [2.45, 2.75) is 51.5 Å². The fourth-order valence-corrected chi connectivity index (χ4v) is 3.37.